The Hall–Kier alpha value is -0.210. The first-order valence-corrected chi connectivity index (χ1v) is 6.95. The minimum Gasteiger partial charge on any atom is -0.351 e. The number of hydrogen-bond donors (Lipinski definition) is 0. The Morgan fingerprint density at radius 2 is 2.00 bits per heavy atom. The standard InChI is InChI=1S/C9H18NO5S/c1-10(2)5-6-8(15-16(4,11)12)7(10)9(13-3)14-6/h6-9H,5H2,1-4H3/q+1/t6-,7+,8?,9+/m1/s1. The minimum atomic E-state index is -3.46. The summed E-state index contributed by atoms with van der Waals surface area (Å²) in [5.41, 5.74) is 0. The molecule has 16 heavy (non-hydrogen) atoms. The maximum Gasteiger partial charge on any atom is 0.264 e. The molecule has 7 heteroatoms. The van der Waals surface area contributed by atoms with E-state index in [0.29, 0.717) is 4.48 Å². The number of likely N-dealkylation sites (N-methyl/N-ethyl adjacent to an activating group) is 1. The minimum absolute atomic E-state index is 0.0928. The Kier molecular flexibility index (Phi) is 2.79. The van der Waals surface area contributed by atoms with Crippen LogP contribution in [-0.4, -0.2) is 71.4 Å². The van der Waals surface area contributed by atoms with Crippen molar-refractivity contribution in [1.82, 2.24) is 0 Å². The molecular formula is C9H18NO5S+. The van der Waals surface area contributed by atoms with Crippen LogP contribution in [0.15, 0.2) is 0 Å². The zero-order valence-corrected chi connectivity index (χ0v) is 10.7. The molecule has 0 amide bonds. The molecule has 2 aliphatic heterocycles. The summed E-state index contributed by atoms with van der Waals surface area (Å²) in [6, 6.07) is -0.0928. The second-order valence-corrected chi connectivity index (χ2v) is 6.60. The maximum absolute atomic E-state index is 11.2. The Morgan fingerprint density at radius 3 is 2.50 bits per heavy atom. The van der Waals surface area contributed by atoms with Crippen molar-refractivity contribution in [1.29, 1.82) is 0 Å². The molecule has 0 saturated carbocycles. The number of ether oxygens (including phenoxy) is 2. The van der Waals surface area contributed by atoms with E-state index in [4.69, 9.17) is 13.7 Å². The lowest BCUT2D eigenvalue weighted by atomic mass is 10.2. The average molecular weight is 252 g/mol. The first-order valence-electron chi connectivity index (χ1n) is 5.14. The third-order valence-corrected chi connectivity index (χ3v) is 3.84. The number of hydrogen-bond acceptors (Lipinski definition) is 5. The van der Waals surface area contributed by atoms with E-state index in [-0.39, 0.29) is 18.4 Å². The molecule has 1 unspecified atom stereocenters. The molecule has 0 radical (unpaired) electrons. The molecule has 2 rings (SSSR count). The van der Waals surface area contributed by atoms with Gasteiger partial charge >= 0.3 is 0 Å². The first kappa shape index (κ1) is 12.3. The molecule has 0 aromatic carbocycles. The van der Waals surface area contributed by atoms with E-state index in [2.05, 4.69) is 0 Å². The number of quaternary nitrogens is 1. The Bertz CT molecular complexity index is 379. The quantitative estimate of drug-likeness (QED) is 0.484. The van der Waals surface area contributed by atoms with Gasteiger partial charge in [0.2, 0.25) is 6.29 Å². The highest BCUT2D eigenvalue weighted by molar-refractivity contribution is 7.86. The molecule has 6 nitrogen and oxygen atoms in total. The molecule has 0 spiro atoms. The van der Waals surface area contributed by atoms with Crippen LogP contribution in [0.5, 0.6) is 0 Å². The molecule has 0 aliphatic carbocycles. The molecule has 0 aromatic heterocycles. The second-order valence-electron chi connectivity index (χ2n) is 5.00. The fourth-order valence-electron chi connectivity index (χ4n) is 2.68. The number of fused-ring (bicyclic) bond motifs is 2. The van der Waals surface area contributed by atoms with Crippen LogP contribution in [0.4, 0.5) is 0 Å². The summed E-state index contributed by atoms with van der Waals surface area (Å²) >= 11 is 0. The van der Waals surface area contributed by atoms with Crippen LogP contribution < -0.4 is 0 Å². The molecule has 0 aromatic rings. The highest BCUT2D eigenvalue weighted by Gasteiger charge is 2.63. The van der Waals surface area contributed by atoms with E-state index in [1.807, 2.05) is 14.1 Å². The van der Waals surface area contributed by atoms with E-state index >= 15 is 0 Å². The third kappa shape index (κ3) is 1.98. The molecule has 2 bridgehead atoms. The smallest absolute Gasteiger partial charge is 0.264 e. The maximum atomic E-state index is 11.2. The van der Waals surface area contributed by atoms with E-state index < -0.39 is 16.2 Å². The molecule has 2 saturated heterocycles. The molecular weight excluding hydrogens is 234 g/mol. The lowest BCUT2D eigenvalue weighted by Crippen LogP contribution is -2.55. The molecule has 4 atom stereocenters. The topological polar surface area (TPSA) is 61.8 Å². The van der Waals surface area contributed by atoms with Gasteiger partial charge in [0, 0.05) is 7.11 Å². The van der Waals surface area contributed by atoms with Gasteiger partial charge in [0.15, 0.2) is 12.1 Å². The van der Waals surface area contributed by atoms with Crippen LogP contribution in [0.2, 0.25) is 0 Å². The van der Waals surface area contributed by atoms with Crippen molar-refractivity contribution >= 4 is 10.1 Å². The van der Waals surface area contributed by atoms with Crippen molar-refractivity contribution < 1.29 is 26.6 Å². The SMILES string of the molecule is CO[C@H]1O[C@@H]2C[N+](C)(C)[C@H]1C2OS(C)(=O)=O. The Morgan fingerprint density at radius 1 is 1.38 bits per heavy atom. The number of methoxy groups -OCH3 is 1. The summed E-state index contributed by atoms with van der Waals surface area (Å²) < 4.78 is 38.9. The van der Waals surface area contributed by atoms with Crippen molar-refractivity contribution in [2.45, 2.75) is 24.5 Å². The molecule has 2 heterocycles. The van der Waals surface area contributed by atoms with Crippen molar-refractivity contribution in [3.05, 3.63) is 0 Å². The average Bonchev–Trinajstić information content (AvgIpc) is 2.51. The van der Waals surface area contributed by atoms with Gasteiger partial charge in [0.1, 0.15) is 12.6 Å². The largest absolute Gasteiger partial charge is 0.351 e. The molecule has 2 fully saturated rings. The predicted octanol–water partition coefficient (Wildman–Crippen LogP) is -0.839. The van der Waals surface area contributed by atoms with Gasteiger partial charge in [-0.1, -0.05) is 0 Å². The van der Waals surface area contributed by atoms with Gasteiger partial charge in [-0.25, -0.2) is 0 Å². The Balaban J connectivity index is 2.23. The van der Waals surface area contributed by atoms with Crippen LogP contribution in [0.3, 0.4) is 0 Å². The zero-order valence-electron chi connectivity index (χ0n) is 9.91. The fraction of sp³-hybridized carbons (Fsp3) is 1.00. The Labute approximate surface area is 95.8 Å². The summed E-state index contributed by atoms with van der Waals surface area (Å²) in [6.07, 6.45) is 0.0298. The number of likely N-dealkylation sites (tertiary alicyclic amines) is 1. The van der Waals surface area contributed by atoms with Crippen molar-refractivity contribution in [3.63, 3.8) is 0 Å². The summed E-state index contributed by atoms with van der Waals surface area (Å²) in [5.74, 6) is 0. The number of rotatable bonds is 3. The van der Waals surface area contributed by atoms with Crippen LogP contribution >= 0.6 is 0 Å². The number of nitrogens with zero attached hydrogens (tertiary/aromatic N) is 1. The predicted molar refractivity (Wildman–Crippen MR) is 56.2 cm³/mol. The van der Waals surface area contributed by atoms with Crippen LogP contribution in [0, 0.1) is 0 Å². The summed E-state index contributed by atoms with van der Waals surface area (Å²) in [6.45, 7) is 0.741. The van der Waals surface area contributed by atoms with Gasteiger partial charge in [-0.2, -0.15) is 8.42 Å². The lowest BCUT2D eigenvalue weighted by molar-refractivity contribution is -0.917. The normalized spacial score (nSPS) is 41.5. The second kappa shape index (κ2) is 3.64. The van der Waals surface area contributed by atoms with Gasteiger partial charge in [0.25, 0.3) is 10.1 Å². The monoisotopic (exact) mass is 252 g/mol. The van der Waals surface area contributed by atoms with Crippen molar-refractivity contribution in [2.75, 3.05) is 34.0 Å². The van der Waals surface area contributed by atoms with Gasteiger partial charge in [-0.15, -0.1) is 0 Å². The van der Waals surface area contributed by atoms with Crippen LogP contribution in [0.1, 0.15) is 0 Å². The first-order chi connectivity index (χ1) is 7.24. The molecule has 0 N–H and O–H groups in total. The van der Waals surface area contributed by atoms with E-state index in [1.54, 1.807) is 7.11 Å². The number of morpholine rings is 1. The molecule has 2 aliphatic rings. The highest BCUT2D eigenvalue weighted by Crippen LogP contribution is 2.39. The van der Waals surface area contributed by atoms with Crippen LogP contribution in [-0.2, 0) is 23.8 Å². The van der Waals surface area contributed by atoms with Crippen molar-refractivity contribution in [2.24, 2.45) is 0 Å². The summed E-state index contributed by atoms with van der Waals surface area (Å²) in [7, 11) is 2.15. The van der Waals surface area contributed by atoms with Crippen LogP contribution in [0.25, 0.3) is 0 Å². The summed E-state index contributed by atoms with van der Waals surface area (Å²) in [5, 5.41) is 0. The lowest BCUT2D eigenvalue weighted by Gasteiger charge is -2.37. The van der Waals surface area contributed by atoms with Gasteiger partial charge in [-0.3, -0.25) is 4.18 Å². The third-order valence-electron chi connectivity index (χ3n) is 3.27. The van der Waals surface area contributed by atoms with Gasteiger partial charge < -0.3 is 14.0 Å². The van der Waals surface area contributed by atoms with Crippen molar-refractivity contribution in [3.8, 4) is 0 Å². The van der Waals surface area contributed by atoms with E-state index in [9.17, 15) is 8.42 Å². The summed E-state index contributed by atoms with van der Waals surface area (Å²) in [4.78, 5) is 0. The van der Waals surface area contributed by atoms with E-state index in [1.165, 1.54) is 0 Å². The highest BCUT2D eigenvalue weighted by atomic mass is 32.2. The van der Waals surface area contributed by atoms with Gasteiger partial charge in [0.05, 0.1) is 20.4 Å². The van der Waals surface area contributed by atoms with E-state index in [0.717, 1.165) is 12.8 Å². The van der Waals surface area contributed by atoms with Gasteiger partial charge in [-0.05, 0) is 0 Å². The molecule has 94 valence electrons. The zero-order chi connectivity index (χ0) is 12.1. The fourth-order valence-corrected chi connectivity index (χ4v) is 3.32.